The van der Waals surface area contributed by atoms with Gasteiger partial charge >= 0.3 is 0 Å². The van der Waals surface area contributed by atoms with Crippen LogP contribution in [0.3, 0.4) is 0 Å². The molecule has 0 radical (unpaired) electrons. The Morgan fingerprint density at radius 2 is 2.04 bits per heavy atom. The first-order valence-corrected chi connectivity index (χ1v) is 10.6. The lowest BCUT2D eigenvalue weighted by Gasteiger charge is -2.20. The molecule has 1 N–H and O–H groups in total. The van der Waals surface area contributed by atoms with Crippen LogP contribution >= 0.6 is 23.1 Å². The number of carbonyl (C=O) groups is 1. The van der Waals surface area contributed by atoms with Crippen molar-refractivity contribution in [3.63, 3.8) is 0 Å². The Hall–Kier alpha value is -2.23. The summed E-state index contributed by atoms with van der Waals surface area (Å²) in [4.78, 5) is 15.3. The van der Waals surface area contributed by atoms with Gasteiger partial charge in [-0.25, -0.2) is 4.39 Å². The normalized spacial score (nSPS) is 12.3. The SMILES string of the molecule is C[C@@H](c1nnc(SCC(=O)NCc2cccs2)n1-c1ccc(F)cc1)N(C)C. The molecule has 28 heavy (non-hydrogen) atoms. The highest BCUT2D eigenvalue weighted by Crippen LogP contribution is 2.26. The van der Waals surface area contributed by atoms with E-state index < -0.39 is 0 Å². The molecule has 0 fully saturated rings. The zero-order chi connectivity index (χ0) is 20.1. The van der Waals surface area contributed by atoms with Crippen LogP contribution in [-0.2, 0) is 11.3 Å². The van der Waals surface area contributed by atoms with Crippen molar-refractivity contribution in [3.8, 4) is 5.69 Å². The summed E-state index contributed by atoms with van der Waals surface area (Å²) in [7, 11) is 3.92. The summed E-state index contributed by atoms with van der Waals surface area (Å²) in [5.41, 5.74) is 0.761. The van der Waals surface area contributed by atoms with Crippen LogP contribution in [0.4, 0.5) is 4.39 Å². The molecule has 0 aliphatic carbocycles. The first-order valence-electron chi connectivity index (χ1n) is 8.75. The lowest BCUT2D eigenvalue weighted by molar-refractivity contribution is -0.118. The lowest BCUT2D eigenvalue weighted by Crippen LogP contribution is -2.24. The van der Waals surface area contributed by atoms with Gasteiger partial charge in [0.1, 0.15) is 5.82 Å². The Bertz CT molecular complexity index is 909. The average Bonchev–Trinajstić information content (AvgIpc) is 3.34. The third-order valence-corrected chi connectivity index (χ3v) is 6.07. The monoisotopic (exact) mass is 419 g/mol. The molecule has 0 saturated heterocycles. The second-order valence-corrected chi connectivity index (χ2v) is 8.41. The number of carbonyl (C=O) groups excluding carboxylic acids is 1. The topological polar surface area (TPSA) is 63.1 Å². The van der Waals surface area contributed by atoms with Crippen LogP contribution in [0.25, 0.3) is 5.69 Å². The van der Waals surface area contributed by atoms with Gasteiger partial charge in [0.05, 0.1) is 18.3 Å². The standard InChI is InChI=1S/C19H22FN5OS2/c1-13(24(2)3)18-22-23-19(25(18)15-8-6-14(20)7-9-15)28-12-17(26)21-11-16-5-4-10-27-16/h4-10,13H,11-12H2,1-3H3,(H,21,26)/t13-/m0/s1. The number of halogens is 1. The summed E-state index contributed by atoms with van der Waals surface area (Å²) in [5.74, 6) is 0.578. The number of rotatable bonds is 8. The van der Waals surface area contributed by atoms with E-state index in [1.807, 2.05) is 48.0 Å². The van der Waals surface area contributed by atoms with Gasteiger partial charge in [-0.1, -0.05) is 17.8 Å². The predicted molar refractivity (Wildman–Crippen MR) is 110 cm³/mol. The van der Waals surface area contributed by atoms with Crippen molar-refractivity contribution in [2.75, 3.05) is 19.8 Å². The molecule has 148 valence electrons. The smallest absolute Gasteiger partial charge is 0.230 e. The maximum Gasteiger partial charge on any atom is 0.230 e. The van der Waals surface area contributed by atoms with Crippen LogP contribution in [-0.4, -0.2) is 45.4 Å². The van der Waals surface area contributed by atoms with Crippen LogP contribution in [0, 0.1) is 5.82 Å². The van der Waals surface area contributed by atoms with Crippen molar-refractivity contribution in [2.45, 2.75) is 24.7 Å². The molecule has 1 aromatic carbocycles. The third-order valence-electron chi connectivity index (χ3n) is 4.26. The molecular weight excluding hydrogens is 397 g/mol. The van der Waals surface area contributed by atoms with Gasteiger partial charge in [-0.05, 0) is 56.7 Å². The molecule has 0 spiro atoms. The Kier molecular flexibility index (Phi) is 6.82. The highest BCUT2D eigenvalue weighted by molar-refractivity contribution is 7.99. The Labute approximate surface area is 171 Å². The van der Waals surface area contributed by atoms with E-state index in [0.717, 1.165) is 16.4 Å². The molecule has 9 heteroatoms. The van der Waals surface area contributed by atoms with Gasteiger partial charge in [0.2, 0.25) is 5.91 Å². The average molecular weight is 420 g/mol. The zero-order valence-corrected chi connectivity index (χ0v) is 17.6. The van der Waals surface area contributed by atoms with Gasteiger partial charge in [-0.2, -0.15) is 0 Å². The van der Waals surface area contributed by atoms with Gasteiger partial charge in [-0.15, -0.1) is 21.5 Å². The highest BCUT2D eigenvalue weighted by atomic mass is 32.2. The number of hydrogen-bond donors (Lipinski definition) is 1. The van der Waals surface area contributed by atoms with Crippen molar-refractivity contribution in [2.24, 2.45) is 0 Å². The minimum Gasteiger partial charge on any atom is -0.350 e. The van der Waals surface area contributed by atoms with Crippen LogP contribution in [0.1, 0.15) is 23.7 Å². The largest absolute Gasteiger partial charge is 0.350 e. The Morgan fingerprint density at radius 3 is 2.68 bits per heavy atom. The zero-order valence-electron chi connectivity index (χ0n) is 15.9. The Morgan fingerprint density at radius 1 is 1.29 bits per heavy atom. The van der Waals surface area contributed by atoms with Crippen LogP contribution in [0.5, 0.6) is 0 Å². The lowest BCUT2D eigenvalue weighted by atomic mass is 10.2. The highest BCUT2D eigenvalue weighted by Gasteiger charge is 2.21. The molecule has 1 atom stereocenters. The van der Waals surface area contributed by atoms with E-state index in [-0.39, 0.29) is 23.5 Å². The molecule has 2 aromatic heterocycles. The van der Waals surface area contributed by atoms with E-state index in [1.165, 1.54) is 23.9 Å². The van der Waals surface area contributed by atoms with E-state index >= 15 is 0 Å². The molecule has 0 aliphatic heterocycles. The summed E-state index contributed by atoms with van der Waals surface area (Å²) < 4.78 is 15.2. The van der Waals surface area contributed by atoms with Gasteiger partial charge in [0.25, 0.3) is 0 Å². The van der Waals surface area contributed by atoms with E-state index in [4.69, 9.17) is 0 Å². The van der Waals surface area contributed by atoms with Crippen LogP contribution in [0.15, 0.2) is 46.9 Å². The molecule has 0 aliphatic rings. The van der Waals surface area contributed by atoms with Gasteiger partial charge < -0.3 is 5.32 Å². The second-order valence-electron chi connectivity index (χ2n) is 6.44. The van der Waals surface area contributed by atoms with E-state index in [2.05, 4.69) is 15.5 Å². The molecule has 0 bridgehead atoms. The number of nitrogens with one attached hydrogen (secondary N) is 1. The van der Waals surface area contributed by atoms with Gasteiger partial charge in [-0.3, -0.25) is 14.3 Å². The van der Waals surface area contributed by atoms with Crippen molar-refractivity contribution < 1.29 is 9.18 Å². The molecular formula is C19H22FN5OS2. The summed E-state index contributed by atoms with van der Waals surface area (Å²) in [6, 6.07) is 10.1. The van der Waals surface area contributed by atoms with Crippen molar-refractivity contribution in [1.29, 1.82) is 0 Å². The molecule has 0 saturated carbocycles. The van der Waals surface area contributed by atoms with E-state index in [9.17, 15) is 9.18 Å². The van der Waals surface area contributed by atoms with Gasteiger partial charge in [0.15, 0.2) is 11.0 Å². The van der Waals surface area contributed by atoms with E-state index in [0.29, 0.717) is 11.7 Å². The number of nitrogens with zero attached hydrogens (tertiary/aromatic N) is 4. The minimum atomic E-state index is -0.304. The number of hydrogen-bond acceptors (Lipinski definition) is 6. The quantitative estimate of drug-likeness (QED) is 0.566. The Balaban J connectivity index is 1.76. The maximum atomic E-state index is 13.4. The number of aromatic nitrogens is 3. The summed E-state index contributed by atoms with van der Waals surface area (Å²) in [6.45, 7) is 2.54. The third kappa shape index (κ3) is 4.98. The molecule has 0 unspecified atom stereocenters. The van der Waals surface area contributed by atoms with Crippen molar-refractivity contribution >= 4 is 29.0 Å². The fourth-order valence-electron chi connectivity index (χ4n) is 2.49. The van der Waals surface area contributed by atoms with Gasteiger partial charge in [0, 0.05) is 10.6 Å². The number of amides is 1. The first-order chi connectivity index (χ1) is 13.5. The fourth-order valence-corrected chi connectivity index (χ4v) is 3.92. The molecule has 3 rings (SSSR count). The van der Waals surface area contributed by atoms with E-state index in [1.54, 1.807) is 23.5 Å². The summed E-state index contributed by atoms with van der Waals surface area (Å²) >= 11 is 2.92. The maximum absolute atomic E-state index is 13.4. The molecule has 3 aromatic rings. The molecule has 1 amide bonds. The number of benzene rings is 1. The second kappa shape index (κ2) is 9.31. The molecule has 6 nitrogen and oxygen atoms in total. The van der Waals surface area contributed by atoms with Crippen molar-refractivity contribution in [3.05, 3.63) is 58.3 Å². The summed E-state index contributed by atoms with van der Waals surface area (Å²) in [5, 5.41) is 14.1. The number of thioether (sulfide) groups is 1. The minimum absolute atomic E-state index is 0.000409. The molecule has 2 heterocycles. The van der Waals surface area contributed by atoms with Crippen molar-refractivity contribution in [1.82, 2.24) is 25.0 Å². The predicted octanol–water partition coefficient (Wildman–Crippen LogP) is 3.50. The number of thiophene rings is 1. The summed E-state index contributed by atoms with van der Waals surface area (Å²) in [6.07, 6.45) is 0. The van der Waals surface area contributed by atoms with Crippen LogP contribution in [0.2, 0.25) is 0 Å². The van der Waals surface area contributed by atoms with Crippen LogP contribution < -0.4 is 5.32 Å². The fraction of sp³-hybridized carbons (Fsp3) is 0.316. The first kappa shape index (κ1) is 20.5.